The molecule has 0 radical (unpaired) electrons. The summed E-state index contributed by atoms with van der Waals surface area (Å²) >= 11 is 0. The third-order valence-electron chi connectivity index (χ3n) is 2.81. The van der Waals surface area contributed by atoms with Crippen LogP contribution in [0.15, 0.2) is 36.7 Å². The van der Waals surface area contributed by atoms with Gasteiger partial charge in [-0.3, -0.25) is 0 Å². The summed E-state index contributed by atoms with van der Waals surface area (Å²) in [4.78, 5) is 7.51. The van der Waals surface area contributed by atoms with Gasteiger partial charge in [-0.15, -0.1) is 0 Å². The maximum atomic E-state index is 5.61. The molecule has 0 fully saturated rings. The summed E-state index contributed by atoms with van der Waals surface area (Å²) in [5.41, 5.74) is 1.23. The highest BCUT2D eigenvalue weighted by molar-refractivity contribution is 5.40. The van der Waals surface area contributed by atoms with E-state index < -0.39 is 0 Å². The zero-order valence-electron chi connectivity index (χ0n) is 8.31. The third kappa shape index (κ3) is 1.40. The van der Waals surface area contributed by atoms with E-state index in [4.69, 9.17) is 4.74 Å². The Kier molecular flexibility index (Phi) is 1.95. The van der Waals surface area contributed by atoms with Crippen LogP contribution in [0.5, 0.6) is 5.75 Å². The molecule has 0 spiro atoms. The lowest BCUT2D eigenvalue weighted by atomic mass is 9.92. The first-order valence-electron chi connectivity index (χ1n) is 5.16. The number of imidazole rings is 1. The lowest BCUT2D eigenvalue weighted by Gasteiger charge is -2.24. The number of benzene rings is 1. The number of rotatable bonds is 1. The van der Waals surface area contributed by atoms with Gasteiger partial charge in [0.2, 0.25) is 0 Å². The zero-order valence-corrected chi connectivity index (χ0v) is 8.31. The Balaban J connectivity index is 2.06. The topological polar surface area (TPSA) is 37.9 Å². The van der Waals surface area contributed by atoms with Gasteiger partial charge in [0.1, 0.15) is 11.6 Å². The van der Waals surface area contributed by atoms with Crippen LogP contribution in [-0.4, -0.2) is 16.6 Å². The SMILES string of the molecule is c1ccc2c(c1)OCC[C@@H]2c1ncc[nH]1. The Morgan fingerprint density at radius 2 is 2.27 bits per heavy atom. The Hall–Kier alpha value is -1.77. The van der Waals surface area contributed by atoms with E-state index in [2.05, 4.69) is 16.0 Å². The van der Waals surface area contributed by atoms with Gasteiger partial charge in [-0.05, 0) is 12.5 Å². The van der Waals surface area contributed by atoms with Crippen LogP contribution in [0.25, 0.3) is 0 Å². The molecule has 15 heavy (non-hydrogen) atoms. The molecule has 2 aromatic rings. The monoisotopic (exact) mass is 200 g/mol. The fourth-order valence-corrected chi connectivity index (χ4v) is 2.09. The molecular formula is C12H12N2O. The summed E-state index contributed by atoms with van der Waals surface area (Å²) in [5.74, 6) is 2.38. The molecule has 0 saturated heterocycles. The summed E-state index contributed by atoms with van der Waals surface area (Å²) in [6, 6.07) is 8.18. The van der Waals surface area contributed by atoms with Crippen LogP contribution < -0.4 is 4.74 Å². The quantitative estimate of drug-likeness (QED) is 0.767. The summed E-state index contributed by atoms with van der Waals surface area (Å²) in [6.07, 6.45) is 4.66. The lowest BCUT2D eigenvalue weighted by Crippen LogP contribution is -2.15. The van der Waals surface area contributed by atoms with Crippen molar-refractivity contribution in [2.45, 2.75) is 12.3 Å². The van der Waals surface area contributed by atoms with Gasteiger partial charge >= 0.3 is 0 Å². The molecular weight excluding hydrogens is 188 g/mol. The average molecular weight is 200 g/mol. The molecule has 0 unspecified atom stereocenters. The van der Waals surface area contributed by atoms with E-state index in [9.17, 15) is 0 Å². The number of aromatic nitrogens is 2. The second-order valence-corrected chi connectivity index (χ2v) is 3.70. The van der Waals surface area contributed by atoms with Crippen LogP contribution in [0.1, 0.15) is 23.7 Å². The average Bonchev–Trinajstić information content (AvgIpc) is 2.82. The van der Waals surface area contributed by atoms with Gasteiger partial charge in [0.15, 0.2) is 0 Å². The van der Waals surface area contributed by atoms with E-state index in [0.29, 0.717) is 5.92 Å². The van der Waals surface area contributed by atoms with Crippen molar-refractivity contribution in [1.29, 1.82) is 0 Å². The van der Waals surface area contributed by atoms with E-state index in [1.807, 2.05) is 24.4 Å². The van der Waals surface area contributed by atoms with Crippen molar-refractivity contribution in [2.75, 3.05) is 6.61 Å². The van der Waals surface area contributed by atoms with Gasteiger partial charge in [0.25, 0.3) is 0 Å². The summed E-state index contributed by atoms with van der Waals surface area (Å²) < 4.78 is 5.61. The first-order valence-corrected chi connectivity index (χ1v) is 5.16. The number of fused-ring (bicyclic) bond motifs is 1. The Labute approximate surface area is 88.1 Å². The molecule has 1 aromatic heterocycles. The van der Waals surface area contributed by atoms with Crippen molar-refractivity contribution < 1.29 is 4.74 Å². The number of nitrogens with one attached hydrogen (secondary N) is 1. The fraction of sp³-hybridized carbons (Fsp3) is 0.250. The standard InChI is InChI=1S/C12H12N2O/c1-2-4-11-9(3-1)10(5-8-15-11)12-13-6-7-14-12/h1-4,6-7,10H,5,8H2,(H,13,14)/t10-/m0/s1. The van der Waals surface area contributed by atoms with Crippen LogP contribution in [0.4, 0.5) is 0 Å². The van der Waals surface area contributed by atoms with Crippen LogP contribution in [0.2, 0.25) is 0 Å². The molecule has 76 valence electrons. The van der Waals surface area contributed by atoms with Crippen molar-refractivity contribution in [2.24, 2.45) is 0 Å². The molecule has 3 rings (SSSR count). The molecule has 0 aliphatic carbocycles. The Morgan fingerprint density at radius 1 is 1.33 bits per heavy atom. The first kappa shape index (κ1) is 8.53. The molecule has 0 bridgehead atoms. The summed E-state index contributed by atoms with van der Waals surface area (Å²) in [5, 5.41) is 0. The number of ether oxygens (including phenoxy) is 1. The Morgan fingerprint density at radius 3 is 3.13 bits per heavy atom. The molecule has 0 amide bonds. The number of nitrogens with zero attached hydrogens (tertiary/aromatic N) is 1. The normalized spacial score (nSPS) is 19.3. The lowest BCUT2D eigenvalue weighted by molar-refractivity contribution is 0.275. The number of aromatic amines is 1. The van der Waals surface area contributed by atoms with E-state index in [0.717, 1.165) is 24.6 Å². The minimum atomic E-state index is 0.352. The highest BCUT2D eigenvalue weighted by Crippen LogP contribution is 2.36. The van der Waals surface area contributed by atoms with E-state index in [1.54, 1.807) is 6.20 Å². The Bertz CT molecular complexity index is 450. The smallest absolute Gasteiger partial charge is 0.123 e. The van der Waals surface area contributed by atoms with Crippen LogP contribution in [0.3, 0.4) is 0 Å². The molecule has 1 N–H and O–H groups in total. The van der Waals surface area contributed by atoms with Crippen molar-refractivity contribution in [3.63, 3.8) is 0 Å². The largest absolute Gasteiger partial charge is 0.493 e. The first-order chi connectivity index (χ1) is 7.45. The summed E-state index contributed by atoms with van der Waals surface area (Å²) in [7, 11) is 0. The van der Waals surface area contributed by atoms with Crippen molar-refractivity contribution in [3.8, 4) is 5.75 Å². The zero-order chi connectivity index (χ0) is 10.1. The van der Waals surface area contributed by atoms with Gasteiger partial charge in [0.05, 0.1) is 6.61 Å². The minimum absolute atomic E-state index is 0.352. The fourth-order valence-electron chi connectivity index (χ4n) is 2.09. The predicted octanol–water partition coefficient (Wildman–Crippen LogP) is 2.32. The second-order valence-electron chi connectivity index (χ2n) is 3.70. The third-order valence-corrected chi connectivity index (χ3v) is 2.81. The van der Waals surface area contributed by atoms with Crippen LogP contribution in [0, 0.1) is 0 Å². The van der Waals surface area contributed by atoms with Crippen molar-refractivity contribution >= 4 is 0 Å². The van der Waals surface area contributed by atoms with Gasteiger partial charge < -0.3 is 9.72 Å². The molecule has 2 heterocycles. The maximum Gasteiger partial charge on any atom is 0.123 e. The maximum absolute atomic E-state index is 5.61. The molecule has 1 aliphatic heterocycles. The number of para-hydroxylation sites is 1. The number of hydrogen-bond acceptors (Lipinski definition) is 2. The van der Waals surface area contributed by atoms with Gasteiger partial charge in [0, 0.05) is 23.9 Å². The molecule has 1 atom stereocenters. The van der Waals surface area contributed by atoms with E-state index in [-0.39, 0.29) is 0 Å². The van der Waals surface area contributed by atoms with Gasteiger partial charge in [-0.2, -0.15) is 0 Å². The van der Waals surface area contributed by atoms with E-state index in [1.165, 1.54) is 5.56 Å². The van der Waals surface area contributed by atoms with Gasteiger partial charge in [-0.25, -0.2) is 4.98 Å². The molecule has 3 nitrogen and oxygen atoms in total. The molecule has 3 heteroatoms. The molecule has 1 aliphatic rings. The molecule has 1 aromatic carbocycles. The number of hydrogen-bond donors (Lipinski definition) is 1. The minimum Gasteiger partial charge on any atom is -0.493 e. The van der Waals surface area contributed by atoms with Gasteiger partial charge in [-0.1, -0.05) is 18.2 Å². The highest BCUT2D eigenvalue weighted by atomic mass is 16.5. The van der Waals surface area contributed by atoms with Crippen LogP contribution >= 0.6 is 0 Å². The highest BCUT2D eigenvalue weighted by Gasteiger charge is 2.23. The molecule has 0 saturated carbocycles. The van der Waals surface area contributed by atoms with Crippen molar-refractivity contribution in [3.05, 3.63) is 48.0 Å². The van der Waals surface area contributed by atoms with E-state index >= 15 is 0 Å². The second kappa shape index (κ2) is 3.42. The summed E-state index contributed by atoms with van der Waals surface area (Å²) in [6.45, 7) is 0.766. The predicted molar refractivity (Wildman–Crippen MR) is 57.0 cm³/mol. The van der Waals surface area contributed by atoms with Crippen LogP contribution in [-0.2, 0) is 0 Å². The number of H-pyrrole nitrogens is 1. The van der Waals surface area contributed by atoms with Crippen molar-refractivity contribution in [1.82, 2.24) is 9.97 Å².